The van der Waals surface area contributed by atoms with Gasteiger partial charge in [0, 0.05) is 11.1 Å². The van der Waals surface area contributed by atoms with Gasteiger partial charge in [-0.3, -0.25) is 9.59 Å². The third kappa shape index (κ3) is 5.47. The second-order valence-corrected chi connectivity index (χ2v) is 6.18. The van der Waals surface area contributed by atoms with Crippen LogP contribution >= 0.6 is 23.4 Å². The fourth-order valence-electron chi connectivity index (χ4n) is 1.80. The molecular formula is C15H16ClN3O4S. The van der Waals surface area contributed by atoms with Crippen molar-refractivity contribution >= 4 is 46.7 Å². The van der Waals surface area contributed by atoms with Crippen LogP contribution in [0.2, 0.25) is 5.02 Å². The number of halogens is 1. The van der Waals surface area contributed by atoms with Crippen LogP contribution in [0.1, 0.15) is 5.76 Å². The molecule has 2 N–H and O–H groups in total. The third-order valence-corrected chi connectivity index (χ3v) is 3.97. The van der Waals surface area contributed by atoms with Crippen LogP contribution in [-0.2, 0) is 9.59 Å². The molecule has 7 nitrogen and oxygen atoms in total. The number of hydrogen-bond acceptors (Lipinski definition) is 6. The molecule has 24 heavy (non-hydrogen) atoms. The summed E-state index contributed by atoms with van der Waals surface area (Å²) in [6.07, 6.45) is 0. The molecule has 0 saturated heterocycles. The molecule has 128 valence electrons. The van der Waals surface area contributed by atoms with Crippen LogP contribution in [0.25, 0.3) is 0 Å². The van der Waals surface area contributed by atoms with Gasteiger partial charge in [-0.15, -0.1) is 11.8 Å². The third-order valence-electron chi connectivity index (χ3n) is 2.80. The number of carbonyl (C=O) groups is 2. The van der Waals surface area contributed by atoms with Gasteiger partial charge in [0.15, 0.2) is 5.82 Å². The second-order valence-electron chi connectivity index (χ2n) is 4.76. The first-order valence-electron chi connectivity index (χ1n) is 6.92. The van der Waals surface area contributed by atoms with Crippen LogP contribution in [0.5, 0.6) is 5.75 Å². The highest BCUT2D eigenvalue weighted by Gasteiger charge is 2.11. The van der Waals surface area contributed by atoms with E-state index >= 15 is 0 Å². The van der Waals surface area contributed by atoms with Gasteiger partial charge in [-0.05, 0) is 25.1 Å². The summed E-state index contributed by atoms with van der Waals surface area (Å²) in [7, 11) is 1.50. The van der Waals surface area contributed by atoms with Gasteiger partial charge in [-0.2, -0.15) is 0 Å². The highest BCUT2D eigenvalue weighted by Crippen LogP contribution is 2.27. The Labute approximate surface area is 148 Å². The summed E-state index contributed by atoms with van der Waals surface area (Å²) in [5.41, 5.74) is 0.484. The van der Waals surface area contributed by atoms with Crippen molar-refractivity contribution in [2.75, 3.05) is 29.2 Å². The summed E-state index contributed by atoms with van der Waals surface area (Å²) < 4.78 is 10.00. The molecule has 0 unspecified atom stereocenters. The molecule has 2 amide bonds. The van der Waals surface area contributed by atoms with Gasteiger partial charge in [0.05, 0.1) is 24.3 Å². The maximum Gasteiger partial charge on any atom is 0.235 e. The van der Waals surface area contributed by atoms with E-state index in [2.05, 4.69) is 15.8 Å². The normalized spacial score (nSPS) is 10.3. The lowest BCUT2D eigenvalue weighted by molar-refractivity contribution is -0.114. The first-order valence-corrected chi connectivity index (χ1v) is 8.45. The van der Waals surface area contributed by atoms with E-state index in [1.165, 1.54) is 18.9 Å². The van der Waals surface area contributed by atoms with E-state index < -0.39 is 0 Å². The van der Waals surface area contributed by atoms with Crippen molar-refractivity contribution in [1.82, 2.24) is 5.16 Å². The maximum absolute atomic E-state index is 11.9. The van der Waals surface area contributed by atoms with Crippen molar-refractivity contribution in [3.63, 3.8) is 0 Å². The number of hydrogen-bond donors (Lipinski definition) is 2. The Morgan fingerprint density at radius 1 is 1.25 bits per heavy atom. The number of nitrogens with one attached hydrogen (secondary N) is 2. The van der Waals surface area contributed by atoms with Crippen LogP contribution in [0.3, 0.4) is 0 Å². The molecule has 0 spiro atoms. The van der Waals surface area contributed by atoms with Crippen LogP contribution in [0.4, 0.5) is 11.5 Å². The zero-order valence-electron chi connectivity index (χ0n) is 13.1. The van der Waals surface area contributed by atoms with Gasteiger partial charge in [0.1, 0.15) is 11.5 Å². The molecule has 1 heterocycles. The molecule has 1 aromatic carbocycles. The number of amides is 2. The number of benzene rings is 1. The summed E-state index contributed by atoms with van der Waals surface area (Å²) in [5, 5.41) is 9.43. The summed E-state index contributed by atoms with van der Waals surface area (Å²) in [5.74, 6) is 1.18. The van der Waals surface area contributed by atoms with E-state index in [0.717, 1.165) is 0 Å². The molecule has 2 rings (SSSR count). The highest BCUT2D eigenvalue weighted by atomic mass is 35.5. The van der Waals surface area contributed by atoms with Gasteiger partial charge in [-0.1, -0.05) is 16.8 Å². The molecule has 0 radical (unpaired) electrons. The van der Waals surface area contributed by atoms with Crippen LogP contribution in [0, 0.1) is 6.92 Å². The largest absolute Gasteiger partial charge is 0.495 e. The molecule has 9 heteroatoms. The van der Waals surface area contributed by atoms with Crippen molar-refractivity contribution in [1.29, 1.82) is 0 Å². The zero-order chi connectivity index (χ0) is 17.5. The molecule has 0 saturated carbocycles. The van der Waals surface area contributed by atoms with Gasteiger partial charge in [0.25, 0.3) is 0 Å². The summed E-state index contributed by atoms with van der Waals surface area (Å²) in [4.78, 5) is 23.7. The van der Waals surface area contributed by atoms with Crippen molar-refractivity contribution in [3.8, 4) is 5.75 Å². The van der Waals surface area contributed by atoms with Gasteiger partial charge >= 0.3 is 0 Å². The van der Waals surface area contributed by atoms with Gasteiger partial charge < -0.3 is 19.9 Å². The molecule has 2 aromatic rings. The molecule has 0 fully saturated rings. The highest BCUT2D eigenvalue weighted by molar-refractivity contribution is 8.00. The molecule has 0 atom stereocenters. The number of methoxy groups -OCH3 is 1. The predicted octanol–water partition coefficient (Wildman–Crippen LogP) is 2.96. The minimum absolute atomic E-state index is 0.112. The van der Waals surface area contributed by atoms with E-state index in [9.17, 15) is 9.59 Å². The minimum atomic E-state index is -0.263. The maximum atomic E-state index is 11.9. The number of anilines is 2. The van der Waals surface area contributed by atoms with Gasteiger partial charge in [0.2, 0.25) is 11.8 Å². The number of ether oxygens (including phenoxy) is 1. The number of thioether (sulfide) groups is 1. The lowest BCUT2D eigenvalue weighted by Gasteiger charge is -2.10. The van der Waals surface area contributed by atoms with Crippen molar-refractivity contribution in [2.24, 2.45) is 0 Å². The van der Waals surface area contributed by atoms with Crippen LogP contribution in [-0.4, -0.2) is 35.6 Å². The minimum Gasteiger partial charge on any atom is -0.495 e. The summed E-state index contributed by atoms with van der Waals surface area (Å²) >= 11 is 7.08. The smallest absolute Gasteiger partial charge is 0.235 e. The Balaban J connectivity index is 1.77. The molecule has 0 aliphatic heterocycles. The van der Waals surface area contributed by atoms with E-state index in [-0.39, 0.29) is 23.3 Å². The number of aryl methyl sites for hydroxylation is 1. The predicted molar refractivity (Wildman–Crippen MR) is 93.8 cm³/mol. The Kier molecular flexibility index (Phi) is 6.51. The average molecular weight is 370 g/mol. The van der Waals surface area contributed by atoms with E-state index in [0.29, 0.717) is 28.0 Å². The number of aromatic nitrogens is 1. The second kappa shape index (κ2) is 8.60. The van der Waals surface area contributed by atoms with E-state index in [4.69, 9.17) is 20.9 Å². The number of nitrogens with zero attached hydrogens (tertiary/aromatic N) is 1. The first-order chi connectivity index (χ1) is 11.5. The molecule has 0 aliphatic rings. The Morgan fingerprint density at radius 3 is 2.58 bits per heavy atom. The Morgan fingerprint density at radius 2 is 1.96 bits per heavy atom. The average Bonchev–Trinajstić information content (AvgIpc) is 2.92. The fraction of sp³-hybridized carbons (Fsp3) is 0.267. The summed E-state index contributed by atoms with van der Waals surface area (Å²) in [6, 6.07) is 6.54. The molecule has 0 bridgehead atoms. The van der Waals surface area contributed by atoms with Crippen LogP contribution in [0.15, 0.2) is 28.8 Å². The lowest BCUT2D eigenvalue weighted by atomic mass is 10.3. The number of rotatable bonds is 7. The fourth-order valence-corrected chi connectivity index (χ4v) is 2.59. The van der Waals surface area contributed by atoms with Crippen molar-refractivity contribution in [3.05, 3.63) is 35.0 Å². The zero-order valence-corrected chi connectivity index (χ0v) is 14.7. The van der Waals surface area contributed by atoms with Crippen molar-refractivity contribution in [2.45, 2.75) is 6.92 Å². The first kappa shape index (κ1) is 18.2. The monoisotopic (exact) mass is 369 g/mol. The Bertz CT molecular complexity index is 735. The van der Waals surface area contributed by atoms with Crippen LogP contribution < -0.4 is 15.4 Å². The topological polar surface area (TPSA) is 93.5 Å². The molecular weight excluding hydrogens is 354 g/mol. The standard InChI is InChI=1S/C15H16ClN3O4S/c1-9-5-13(19-23-9)18-15(21)8-24-7-14(20)17-11-6-10(16)3-4-12(11)22-2/h3-6H,7-8H2,1-2H3,(H,17,20)(H,18,19,21). The number of carbonyl (C=O) groups excluding carboxylic acids is 2. The van der Waals surface area contributed by atoms with Gasteiger partial charge in [-0.25, -0.2) is 0 Å². The molecule has 0 aliphatic carbocycles. The van der Waals surface area contributed by atoms with E-state index in [1.54, 1.807) is 31.2 Å². The summed E-state index contributed by atoms with van der Waals surface area (Å²) in [6.45, 7) is 1.73. The quantitative estimate of drug-likeness (QED) is 0.779. The van der Waals surface area contributed by atoms with E-state index in [1.807, 2.05) is 0 Å². The Hall–Kier alpha value is -2.19. The molecule has 1 aromatic heterocycles. The lowest BCUT2D eigenvalue weighted by Crippen LogP contribution is -2.18. The van der Waals surface area contributed by atoms with Crippen molar-refractivity contribution < 1.29 is 18.8 Å². The SMILES string of the molecule is COc1ccc(Cl)cc1NC(=O)CSCC(=O)Nc1cc(C)on1.